The Kier molecular flexibility index (Phi) is 18.1. The third-order valence-corrected chi connectivity index (χ3v) is 12.7. The Hall–Kier alpha value is -4.96. The van der Waals surface area contributed by atoms with Crippen LogP contribution < -0.4 is 14.8 Å². The molecule has 0 unspecified atom stereocenters. The summed E-state index contributed by atoms with van der Waals surface area (Å²) in [6.45, 7) is 3.69. The van der Waals surface area contributed by atoms with Crippen molar-refractivity contribution < 1.29 is 63.7 Å². The summed E-state index contributed by atoms with van der Waals surface area (Å²) in [6, 6.07) is 21.3. The second-order valence-corrected chi connectivity index (χ2v) is 17.1. The molecule has 0 bridgehead atoms. The van der Waals surface area contributed by atoms with E-state index in [1.165, 1.54) is 36.4 Å². The van der Waals surface area contributed by atoms with Crippen LogP contribution in [0.2, 0.25) is 5.02 Å². The molecule has 66 heavy (non-hydrogen) atoms. The van der Waals surface area contributed by atoms with Crippen molar-refractivity contribution in [1.82, 2.24) is 10.2 Å². The van der Waals surface area contributed by atoms with Crippen molar-refractivity contribution in [2.45, 2.75) is 95.6 Å². The predicted octanol–water partition coefficient (Wildman–Crippen LogP) is 12.9. The molecule has 2 aliphatic carbocycles. The number of nitrogens with one attached hydrogen (secondary N) is 1. The van der Waals surface area contributed by atoms with E-state index in [9.17, 15) is 54.2 Å². The van der Waals surface area contributed by atoms with Gasteiger partial charge in [0.2, 0.25) is 5.91 Å². The third-order valence-electron chi connectivity index (χ3n) is 12.5. The van der Waals surface area contributed by atoms with Gasteiger partial charge >= 0.3 is 24.5 Å². The first-order valence-electron chi connectivity index (χ1n) is 21.0. The molecule has 8 rings (SSSR count). The Morgan fingerprint density at radius 3 is 1.41 bits per heavy atom. The predicted molar refractivity (Wildman–Crippen MR) is 235 cm³/mol. The zero-order chi connectivity index (χ0) is 46.3. The summed E-state index contributed by atoms with van der Waals surface area (Å²) in [4.78, 5) is 26.2. The van der Waals surface area contributed by atoms with E-state index in [4.69, 9.17) is 21.1 Å². The number of carbonyl (C=O) groups excluding carboxylic acids is 1. The Morgan fingerprint density at radius 2 is 1.03 bits per heavy atom. The summed E-state index contributed by atoms with van der Waals surface area (Å²) in [6.07, 6.45) is -6.87. The van der Waals surface area contributed by atoms with Gasteiger partial charge in [0.15, 0.2) is 0 Å². The van der Waals surface area contributed by atoms with Crippen molar-refractivity contribution in [3.63, 3.8) is 0 Å². The fraction of sp³-hybridized carbons (Fsp3) is 0.469. The number of carboxylic acid groups (broad SMARTS) is 1. The molecule has 362 valence electrons. The molecule has 17 heteroatoms. The highest BCUT2D eigenvalue weighted by molar-refractivity contribution is 6.30. The molecule has 2 aliphatic heterocycles. The van der Waals surface area contributed by atoms with Crippen LogP contribution in [0, 0.1) is 11.8 Å². The van der Waals surface area contributed by atoms with Crippen LogP contribution in [0.15, 0.2) is 97.1 Å². The molecule has 4 aromatic carbocycles. The largest absolute Gasteiger partial charge is 0.493 e. The number of rotatable bonds is 10. The van der Waals surface area contributed by atoms with Gasteiger partial charge in [-0.2, -0.15) is 39.5 Å². The van der Waals surface area contributed by atoms with Crippen LogP contribution in [0.1, 0.15) is 94.0 Å². The first-order valence-corrected chi connectivity index (χ1v) is 21.3. The number of carboxylic acids is 1. The number of ether oxygens (including phenoxy) is 2. The number of carbonyl (C=O) groups is 2. The molecule has 2 saturated heterocycles. The molecule has 2 N–H and O–H groups in total. The van der Waals surface area contributed by atoms with Gasteiger partial charge in [0.25, 0.3) is 0 Å². The number of amides is 1. The number of alkyl halides is 9. The molecule has 4 aliphatic rings. The summed E-state index contributed by atoms with van der Waals surface area (Å²) in [5, 5.41) is 13.0. The monoisotopic (exact) mass is 958 g/mol. The first kappa shape index (κ1) is 53.7. The molecule has 4 fully saturated rings. The van der Waals surface area contributed by atoms with Crippen molar-refractivity contribution >= 4 is 23.5 Å². The molecule has 0 radical (unpaired) electrons. The second kappa shape index (κ2) is 22.2. The minimum Gasteiger partial charge on any atom is -0.493 e. The minimum atomic E-state index is -4.43. The molecule has 0 spiro atoms. The molecular formula is C49H56ClF9N2O5. The van der Waals surface area contributed by atoms with E-state index >= 15 is 0 Å². The number of hydrogen-bond acceptors (Lipinski definition) is 5. The molecule has 1 amide bonds. The SMILES string of the molecule is C.C.FC(F)(F)c1ccc(OC[C@@H]2CCNC2)cc1.O=C(N1CC[C@@H](COc2ccc(C(F)(F)F)cc2)C1)C1(c2ccc(C(F)(F)F)cc2)CCC1.O=C(O)C1(c2ccc(Cl)cc2)CCC1. The minimum absolute atomic E-state index is 0. The molecule has 2 atom stereocenters. The van der Waals surface area contributed by atoms with E-state index in [0.717, 1.165) is 87.2 Å². The lowest BCUT2D eigenvalue weighted by atomic mass is 9.63. The molecular weight excluding hydrogens is 903 g/mol. The van der Waals surface area contributed by atoms with Gasteiger partial charge in [-0.15, -0.1) is 0 Å². The highest BCUT2D eigenvalue weighted by Crippen LogP contribution is 2.47. The smallest absolute Gasteiger partial charge is 0.416 e. The summed E-state index contributed by atoms with van der Waals surface area (Å²) in [7, 11) is 0. The molecule has 0 aromatic heterocycles. The average Bonchev–Trinajstić information content (AvgIpc) is 3.92. The number of halogens is 10. The first-order chi connectivity index (χ1) is 30.2. The van der Waals surface area contributed by atoms with Crippen LogP contribution in [0.5, 0.6) is 11.5 Å². The Balaban J connectivity index is 0.000000241. The van der Waals surface area contributed by atoms with E-state index in [1.54, 1.807) is 17.0 Å². The Morgan fingerprint density at radius 1 is 0.621 bits per heavy atom. The lowest BCUT2D eigenvalue weighted by Gasteiger charge is -2.43. The van der Waals surface area contributed by atoms with Gasteiger partial charge < -0.3 is 24.8 Å². The number of benzene rings is 4. The lowest BCUT2D eigenvalue weighted by Crippen LogP contribution is -2.50. The van der Waals surface area contributed by atoms with Crippen molar-refractivity contribution in [2.75, 3.05) is 39.4 Å². The van der Waals surface area contributed by atoms with Crippen molar-refractivity contribution in [3.8, 4) is 11.5 Å². The van der Waals surface area contributed by atoms with Crippen LogP contribution in [0.3, 0.4) is 0 Å². The normalized spacial score (nSPS) is 19.5. The molecule has 7 nitrogen and oxygen atoms in total. The van der Waals surface area contributed by atoms with E-state index in [-0.39, 0.29) is 33.3 Å². The van der Waals surface area contributed by atoms with Gasteiger partial charge in [0.05, 0.1) is 40.7 Å². The fourth-order valence-corrected chi connectivity index (χ4v) is 8.41. The lowest BCUT2D eigenvalue weighted by molar-refractivity contribution is -0.147. The van der Waals surface area contributed by atoms with Crippen molar-refractivity contribution in [1.29, 1.82) is 0 Å². The maximum Gasteiger partial charge on any atom is 0.416 e. The summed E-state index contributed by atoms with van der Waals surface area (Å²) in [5.74, 6) is 0.507. The highest BCUT2D eigenvalue weighted by atomic mass is 35.5. The zero-order valence-electron chi connectivity index (χ0n) is 34.6. The fourth-order valence-electron chi connectivity index (χ4n) is 8.28. The Bertz CT molecular complexity index is 2150. The number of nitrogens with zero attached hydrogens (tertiary/aromatic N) is 1. The van der Waals surface area contributed by atoms with Crippen LogP contribution >= 0.6 is 11.6 Å². The zero-order valence-corrected chi connectivity index (χ0v) is 35.4. The van der Waals surface area contributed by atoms with Gasteiger partial charge in [-0.1, -0.05) is 63.6 Å². The van der Waals surface area contributed by atoms with E-state index < -0.39 is 52.0 Å². The summed E-state index contributed by atoms with van der Waals surface area (Å²) in [5.41, 5.74) is -2.07. The maximum atomic E-state index is 13.3. The van der Waals surface area contributed by atoms with E-state index in [0.29, 0.717) is 67.0 Å². The number of likely N-dealkylation sites (tertiary alicyclic amines) is 1. The second-order valence-electron chi connectivity index (χ2n) is 16.7. The highest BCUT2D eigenvalue weighted by Gasteiger charge is 2.49. The maximum absolute atomic E-state index is 13.3. The topological polar surface area (TPSA) is 88.1 Å². The van der Waals surface area contributed by atoms with Gasteiger partial charge in [-0.3, -0.25) is 9.59 Å². The van der Waals surface area contributed by atoms with Gasteiger partial charge in [0.1, 0.15) is 11.5 Å². The average molecular weight is 959 g/mol. The van der Waals surface area contributed by atoms with Crippen LogP contribution in [0.25, 0.3) is 0 Å². The third kappa shape index (κ3) is 13.1. The van der Waals surface area contributed by atoms with Crippen LogP contribution in [-0.4, -0.2) is 61.3 Å². The Labute approximate surface area is 384 Å². The molecule has 2 saturated carbocycles. The number of hydrogen-bond donors (Lipinski definition) is 2. The van der Waals surface area contributed by atoms with Crippen molar-refractivity contribution in [2.24, 2.45) is 11.8 Å². The van der Waals surface area contributed by atoms with Crippen LogP contribution in [0.4, 0.5) is 39.5 Å². The van der Waals surface area contributed by atoms with E-state index in [1.807, 2.05) is 12.1 Å². The summed E-state index contributed by atoms with van der Waals surface area (Å²) >= 11 is 5.76. The number of aliphatic carboxylic acids is 1. The van der Waals surface area contributed by atoms with Crippen LogP contribution in [-0.2, 0) is 38.9 Å². The standard InChI is InChI=1S/C24H23F6NO2.C12H14F3NO.C11H11ClO2.2CH4/c25-23(26,27)18-4-2-17(3-5-18)22(11-1-12-22)21(32)31-13-10-16(14-31)15-33-20-8-6-19(7-9-20)24(28,29)30;13-12(14,15)10-1-3-11(4-2-10)17-8-9-5-6-16-7-9;12-9-4-2-8(3-5-9)11(10(13)14)6-1-7-11;;/h2-9,16H,1,10-15H2;1-4,9,16H,5-8H2;2-5H,1,6-7H2,(H,13,14);2*1H4/t16-;9-;;;/m11.../s1. The van der Waals surface area contributed by atoms with E-state index in [2.05, 4.69) is 5.32 Å². The van der Waals surface area contributed by atoms with Gasteiger partial charge in [-0.05, 0) is 129 Å². The molecule has 2 heterocycles. The quantitative estimate of drug-likeness (QED) is 0.154. The van der Waals surface area contributed by atoms with Gasteiger partial charge in [-0.25, -0.2) is 0 Å². The molecule has 4 aromatic rings. The van der Waals surface area contributed by atoms with Crippen molar-refractivity contribution in [3.05, 3.63) is 130 Å². The van der Waals surface area contributed by atoms with Gasteiger partial charge in [0, 0.05) is 36.5 Å². The summed E-state index contributed by atoms with van der Waals surface area (Å²) < 4.78 is 125.